The van der Waals surface area contributed by atoms with Gasteiger partial charge in [-0.2, -0.15) is 0 Å². The first-order valence-corrected chi connectivity index (χ1v) is 8.43. The molecular formula is C16H25ClN6O3. The standard InChI is InChI=1S/C16H24N6O3.ClH/c1-19-7-4-5-12(19)17-9-11(23)6-8-22-10-18-14-13(22)15(24)21(3)16(25)20(14)2;/h10-11,23H,4-9H2,1-3H3;1H. The van der Waals surface area contributed by atoms with Gasteiger partial charge in [-0.3, -0.25) is 18.9 Å². The van der Waals surface area contributed by atoms with Crippen LogP contribution in [0.3, 0.4) is 0 Å². The van der Waals surface area contributed by atoms with Gasteiger partial charge in [0.25, 0.3) is 5.56 Å². The Morgan fingerprint density at radius 3 is 2.65 bits per heavy atom. The average Bonchev–Trinajstić information content (AvgIpc) is 3.20. The summed E-state index contributed by atoms with van der Waals surface area (Å²) >= 11 is 0. The summed E-state index contributed by atoms with van der Waals surface area (Å²) in [6, 6.07) is 0. The summed E-state index contributed by atoms with van der Waals surface area (Å²) < 4.78 is 4.11. The Morgan fingerprint density at radius 2 is 2.00 bits per heavy atom. The Morgan fingerprint density at radius 1 is 1.27 bits per heavy atom. The van der Waals surface area contributed by atoms with E-state index in [1.165, 1.54) is 17.9 Å². The summed E-state index contributed by atoms with van der Waals surface area (Å²) in [7, 11) is 5.05. The third-order valence-electron chi connectivity index (χ3n) is 4.74. The number of nitrogens with zero attached hydrogens (tertiary/aromatic N) is 6. The number of rotatable bonds is 5. The molecule has 3 rings (SSSR count). The minimum atomic E-state index is -0.588. The zero-order chi connectivity index (χ0) is 18.1. The van der Waals surface area contributed by atoms with Gasteiger partial charge in [-0.05, 0) is 12.8 Å². The van der Waals surface area contributed by atoms with Crippen molar-refractivity contribution in [3.05, 3.63) is 27.2 Å². The van der Waals surface area contributed by atoms with Crippen LogP contribution in [0.15, 0.2) is 20.9 Å². The lowest BCUT2D eigenvalue weighted by Gasteiger charge is -2.13. The van der Waals surface area contributed by atoms with E-state index in [1.54, 1.807) is 11.6 Å². The van der Waals surface area contributed by atoms with Gasteiger partial charge in [-0.1, -0.05) is 0 Å². The molecule has 1 fully saturated rings. The van der Waals surface area contributed by atoms with E-state index in [0.717, 1.165) is 29.8 Å². The smallest absolute Gasteiger partial charge is 0.332 e. The third-order valence-corrected chi connectivity index (χ3v) is 4.74. The number of hydrogen-bond acceptors (Lipinski definition) is 5. The second-order valence-electron chi connectivity index (χ2n) is 6.54. The largest absolute Gasteiger partial charge is 0.391 e. The van der Waals surface area contributed by atoms with Gasteiger partial charge in [-0.15, -0.1) is 12.4 Å². The predicted octanol–water partition coefficient (Wildman–Crippen LogP) is -0.269. The monoisotopic (exact) mass is 384 g/mol. The highest BCUT2D eigenvalue weighted by molar-refractivity contribution is 5.85. The maximum absolute atomic E-state index is 12.4. The number of aliphatic imine (C=N–C) groups is 1. The maximum atomic E-state index is 12.4. The summed E-state index contributed by atoms with van der Waals surface area (Å²) in [6.07, 6.45) is 3.47. The van der Waals surface area contributed by atoms with Crippen LogP contribution in [0.2, 0.25) is 0 Å². The van der Waals surface area contributed by atoms with Gasteiger partial charge in [0.1, 0.15) is 0 Å². The van der Waals surface area contributed by atoms with E-state index in [1.807, 2.05) is 7.05 Å². The fourth-order valence-corrected chi connectivity index (χ4v) is 3.15. The van der Waals surface area contributed by atoms with E-state index in [0.29, 0.717) is 30.7 Å². The van der Waals surface area contributed by atoms with Crippen LogP contribution in [-0.2, 0) is 20.6 Å². The molecule has 1 unspecified atom stereocenters. The Bertz CT molecular complexity index is 928. The van der Waals surface area contributed by atoms with Crippen molar-refractivity contribution >= 4 is 29.4 Å². The van der Waals surface area contributed by atoms with E-state index < -0.39 is 11.8 Å². The fraction of sp³-hybridized carbons (Fsp3) is 0.625. The van der Waals surface area contributed by atoms with Gasteiger partial charge in [0, 0.05) is 40.7 Å². The number of amidine groups is 1. The molecule has 9 nitrogen and oxygen atoms in total. The highest BCUT2D eigenvalue weighted by Gasteiger charge is 2.16. The number of halogens is 1. The average molecular weight is 385 g/mol. The number of aliphatic hydroxyl groups is 1. The second kappa shape index (κ2) is 8.05. The quantitative estimate of drug-likeness (QED) is 0.765. The van der Waals surface area contributed by atoms with Crippen LogP contribution < -0.4 is 11.2 Å². The summed E-state index contributed by atoms with van der Waals surface area (Å²) in [4.78, 5) is 35.1. The van der Waals surface area contributed by atoms with Crippen molar-refractivity contribution in [2.45, 2.75) is 31.9 Å². The molecule has 0 spiro atoms. The van der Waals surface area contributed by atoms with Gasteiger partial charge < -0.3 is 14.6 Å². The summed E-state index contributed by atoms with van der Waals surface area (Å²) in [5, 5.41) is 10.2. The van der Waals surface area contributed by atoms with Crippen LogP contribution in [0.1, 0.15) is 19.3 Å². The van der Waals surface area contributed by atoms with Gasteiger partial charge in [0.05, 0.1) is 24.8 Å². The molecule has 0 radical (unpaired) electrons. The maximum Gasteiger partial charge on any atom is 0.332 e. The second-order valence-corrected chi connectivity index (χ2v) is 6.54. The molecule has 1 aliphatic rings. The molecule has 0 saturated carbocycles. The molecule has 1 saturated heterocycles. The Labute approximate surface area is 157 Å². The SMILES string of the molecule is CN1CCCC1=NCC(O)CCn1cnc2c1c(=O)n(C)c(=O)n2C.Cl. The van der Waals surface area contributed by atoms with Crippen molar-refractivity contribution in [1.82, 2.24) is 23.6 Å². The lowest BCUT2D eigenvalue weighted by Crippen LogP contribution is -2.37. The van der Waals surface area contributed by atoms with Gasteiger partial charge >= 0.3 is 5.69 Å². The Kier molecular flexibility index (Phi) is 6.25. The molecule has 0 bridgehead atoms. The summed E-state index contributed by atoms with van der Waals surface area (Å²) in [5.41, 5.74) is -0.0498. The molecule has 1 N–H and O–H groups in total. The van der Waals surface area contributed by atoms with Crippen LogP contribution in [-0.4, -0.2) is 60.8 Å². The Balaban J connectivity index is 0.00000243. The topological polar surface area (TPSA) is 97.7 Å². The number of likely N-dealkylation sites (tertiary alicyclic amines) is 1. The van der Waals surface area contributed by atoms with Crippen molar-refractivity contribution in [2.75, 3.05) is 20.1 Å². The van der Waals surface area contributed by atoms with Crippen molar-refractivity contribution in [3.8, 4) is 0 Å². The molecule has 1 aliphatic heterocycles. The number of fused-ring (bicyclic) bond motifs is 1. The third kappa shape index (κ3) is 3.68. The minimum absolute atomic E-state index is 0. The summed E-state index contributed by atoms with van der Waals surface area (Å²) in [5.74, 6) is 1.04. The predicted molar refractivity (Wildman–Crippen MR) is 102 cm³/mol. The van der Waals surface area contributed by atoms with E-state index in [-0.39, 0.29) is 18.0 Å². The van der Waals surface area contributed by atoms with Crippen molar-refractivity contribution in [2.24, 2.45) is 19.1 Å². The fourth-order valence-electron chi connectivity index (χ4n) is 3.15. The molecule has 2 aromatic rings. The zero-order valence-corrected chi connectivity index (χ0v) is 16.1. The molecule has 0 amide bonds. The number of imidazole rings is 1. The number of aliphatic hydroxyl groups excluding tert-OH is 1. The lowest BCUT2D eigenvalue weighted by atomic mass is 10.2. The van der Waals surface area contributed by atoms with Crippen LogP contribution >= 0.6 is 12.4 Å². The van der Waals surface area contributed by atoms with Crippen LogP contribution in [0.25, 0.3) is 11.2 Å². The molecule has 3 heterocycles. The first-order chi connectivity index (χ1) is 11.9. The molecule has 0 aliphatic carbocycles. The molecular weight excluding hydrogens is 360 g/mol. The van der Waals surface area contributed by atoms with Crippen LogP contribution in [0.4, 0.5) is 0 Å². The number of aromatic nitrogens is 4. The van der Waals surface area contributed by atoms with E-state index in [4.69, 9.17) is 0 Å². The zero-order valence-electron chi connectivity index (χ0n) is 15.3. The van der Waals surface area contributed by atoms with Crippen LogP contribution in [0.5, 0.6) is 0 Å². The highest BCUT2D eigenvalue weighted by atomic mass is 35.5. The van der Waals surface area contributed by atoms with Crippen molar-refractivity contribution in [3.63, 3.8) is 0 Å². The van der Waals surface area contributed by atoms with E-state index in [2.05, 4.69) is 14.9 Å². The van der Waals surface area contributed by atoms with Gasteiger partial charge in [-0.25, -0.2) is 9.78 Å². The molecule has 26 heavy (non-hydrogen) atoms. The Hall–Kier alpha value is -2.13. The normalized spacial score (nSPS) is 17.1. The van der Waals surface area contributed by atoms with Gasteiger partial charge in [0.15, 0.2) is 11.2 Å². The van der Waals surface area contributed by atoms with E-state index in [9.17, 15) is 14.7 Å². The molecule has 10 heteroatoms. The van der Waals surface area contributed by atoms with Crippen LogP contribution in [0, 0.1) is 0 Å². The van der Waals surface area contributed by atoms with Gasteiger partial charge in [0.2, 0.25) is 0 Å². The molecule has 2 aromatic heterocycles. The summed E-state index contributed by atoms with van der Waals surface area (Å²) in [6.45, 7) is 1.80. The molecule has 144 valence electrons. The minimum Gasteiger partial charge on any atom is -0.391 e. The van der Waals surface area contributed by atoms with Crippen molar-refractivity contribution in [1.29, 1.82) is 0 Å². The van der Waals surface area contributed by atoms with E-state index >= 15 is 0 Å². The highest BCUT2D eigenvalue weighted by Crippen LogP contribution is 2.10. The van der Waals surface area contributed by atoms with Crippen molar-refractivity contribution < 1.29 is 5.11 Å². The first-order valence-electron chi connectivity index (χ1n) is 8.43. The molecule has 0 aromatic carbocycles. The number of aryl methyl sites for hydroxylation is 2. The lowest BCUT2D eigenvalue weighted by molar-refractivity contribution is 0.167. The number of hydrogen-bond donors (Lipinski definition) is 1. The molecule has 1 atom stereocenters. The first kappa shape index (κ1) is 20.2.